The monoisotopic (exact) mass is 863 g/mol. The Hall–Kier alpha value is -2.20. The Balaban J connectivity index is 1.78. The second-order valence-corrected chi connectivity index (χ2v) is 29.9. The number of thioether (sulfide) groups is 1. The van der Waals surface area contributed by atoms with Gasteiger partial charge in [0.05, 0.1) is 38.6 Å². The normalized spacial score (nSPS) is 23.6. The summed E-state index contributed by atoms with van der Waals surface area (Å²) in [5.74, 6) is 6.12. The van der Waals surface area contributed by atoms with Gasteiger partial charge >= 0.3 is 5.97 Å². The van der Waals surface area contributed by atoms with Gasteiger partial charge in [0, 0.05) is 52.5 Å². The van der Waals surface area contributed by atoms with Crippen LogP contribution in [0.4, 0.5) is 4.79 Å². The highest BCUT2D eigenvalue weighted by atomic mass is 32.2. The molecule has 11 nitrogen and oxygen atoms in total. The van der Waals surface area contributed by atoms with Gasteiger partial charge in [0.2, 0.25) is 0 Å². The number of amides is 1. The lowest BCUT2D eigenvalue weighted by molar-refractivity contribution is -0.303. The molecule has 3 rings (SSSR count). The van der Waals surface area contributed by atoms with Crippen molar-refractivity contribution in [3.8, 4) is 17.6 Å². The average molecular weight is 864 g/mol. The van der Waals surface area contributed by atoms with E-state index in [9.17, 15) is 14.7 Å². The van der Waals surface area contributed by atoms with Gasteiger partial charge in [0.25, 0.3) is 5.24 Å². The first-order valence-corrected chi connectivity index (χ1v) is 28.3. The van der Waals surface area contributed by atoms with Crippen LogP contribution in [0, 0.1) is 17.8 Å². The van der Waals surface area contributed by atoms with E-state index in [-0.39, 0.29) is 41.2 Å². The van der Waals surface area contributed by atoms with Crippen molar-refractivity contribution in [1.29, 1.82) is 0 Å². The molecule has 2 aliphatic rings. The number of benzene rings is 1. The summed E-state index contributed by atoms with van der Waals surface area (Å²) in [5.41, 5.74) is 1.83. The van der Waals surface area contributed by atoms with Crippen molar-refractivity contribution in [3.05, 3.63) is 41.5 Å². The molecule has 0 spiro atoms. The molecular formula is C44H73NO10SSi2. The largest absolute Gasteiger partial charge is 0.497 e. The third kappa shape index (κ3) is 15.7. The van der Waals surface area contributed by atoms with Crippen LogP contribution in [-0.4, -0.2) is 114 Å². The average Bonchev–Trinajstić information content (AvgIpc) is 3.52. The summed E-state index contributed by atoms with van der Waals surface area (Å²) < 4.78 is 42.4. The quantitative estimate of drug-likeness (QED) is 0.0318. The van der Waals surface area contributed by atoms with Crippen molar-refractivity contribution in [2.24, 2.45) is 5.92 Å². The summed E-state index contributed by atoms with van der Waals surface area (Å²) in [4.78, 5) is 27.1. The highest BCUT2D eigenvalue weighted by Crippen LogP contribution is 2.45. The molecule has 328 valence electrons. The number of aliphatic hydroxyl groups is 1. The van der Waals surface area contributed by atoms with E-state index in [4.69, 9.17) is 32.8 Å². The molecular weight excluding hydrogens is 791 g/mol. The number of aliphatic hydroxyl groups excluding tert-OH is 1. The van der Waals surface area contributed by atoms with Gasteiger partial charge in [-0.25, -0.2) is 4.79 Å². The van der Waals surface area contributed by atoms with Gasteiger partial charge in [-0.1, -0.05) is 88.6 Å². The summed E-state index contributed by atoms with van der Waals surface area (Å²) in [6.07, 6.45) is 3.13. The maximum absolute atomic E-state index is 13.4. The predicted octanol–water partition coefficient (Wildman–Crippen LogP) is 9.02. The number of ether oxygens (including phenoxy) is 6. The first-order valence-electron chi connectivity index (χ1n) is 20.7. The standard InChI is InChI=1S/C44H73NO10SSi2/c1-32(15-22-38(46)39(23-16-33(2)26-41(47)50-7)53-31-52-24-25-57(9,10)11)14-19-36-27-37(55-58(12,13)43(3,4)5)28-44(51-8,54-36)40-30-56-42(48)45(40)29-34-17-20-35(49-6)21-18-34/h17-18,20-21,26,32,36-40,46H,14,16,19,23-25,27-31H2,1-13H3/b33-26+/t32-,36?,37+,38-,39-,40?,44-/m0/s1. The van der Waals surface area contributed by atoms with Crippen LogP contribution in [0.2, 0.25) is 43.8 Å². The molecule has 2 aliphatic heterocycles. The third-order valence-electron chi connectivity index (χ3n) is 11.5. The lowest BCUT2D eigenvalue weighted by Gasteiger charge is -2.50. The lowest BCUT2D eigenvalue weighted by atomic mass is 9.90. The molecule has 1 N–H and O–H groups in total. The van der Waals surface area contributed by atoms with E-state index >= 15 is 0 Å². The minimum absolute atomic E-state index is 0.00217. The van der Waals surface area contributed by atoms with Crippen LogP contribution >= 0.6 is 11.8 Å². The summed E-state index contributed by atoms with van der Waals surface area (Å²) in [6, 6.07) is 8.49. The first-order chi connectivity index (χ1) is 27.1. The van der Waals surface area contributed by atoms with Gasteiger partial charge in [-0.2, -0.15) is 0 Å². The number of carbonyl (C=O) groups excluding carboxylic acids is 2. The topological polar surface area (TPSA) is 122 Å². The molecule has 1 amide bonds. The number of methoxy groups -OCH3 is 3. The molecule has 2 saturated heterocycles. The minimum atomic E-state index is -2.17. The molecule has 0 aliphatic carbocycles. The molecule has 58 heavy (non-hydrogen) atoms. The van der Waals surface area contributed by atoms with Crippen LogP contribution in [0.25, 0.3) is 0 Å². The zero-order valence-electron chi connectivity index (χ0n) is 37.6. The summed E-state index contributed by atoms with van der Waals surface area (Å²) >= 11 is 1.30. The van der Waals surface area contributed by atoms with E-state index < -0.39 is 40.4 Å². The molecule has 2 unspecified atom stereocenters. The minimum Gasteiger partial charge on any atom is -0.497 e. The molecule has 0 bridgehead atoms. The van der Waals surface area contributed by atoms with E-state index in [0.29, 0.717) is 51.0 Å². The molecule has 7 atom stereocenters. The Bertz CT molecular complexity index is 1550. The van der Waals surface area contributed by atoms with Crippen molar-refractivity contribution in [3.63, 3.8) is 0 Å². The zero-order valence-corrected chi connectivity index (χ0v) is 40.4. The number of hydrogen-bond acceptors (Lipinski definition) is 11. The van der Waals surface area contributed by atoms with E-state index in [0.717, 1.165) is 29.4 Å². The van der Waals surface area contributed by atoms with Crippen molar-refractivity contribution < 1.29 is 47.5 Å². The fourth-order valence-electron chi connectivity index (χ4n) is 6.77. The van der Waals surface area contributed by atoms with Gasteiger partial charge < -0.3 is 42.9 Å². The Morgan fingerprint density at radius 2 is 1.79 bits per heavy atom. The van der Waals surface area contributed by atoms with Crippen LogP contribution in [0.1, 0.15) is 78.7 Å². The van der Waals surface area contributed by atoms with Gasteiger partial charge in [0.1, 0.15) is 18.6 Å². The van der Waals surface area contributed by atoms with Crippen LogP contribution in [-0.2, 0) is 39.4 Å². The summed E-state index contributed by atoms with van der Waals surface area (Å²) in [5, 5.41) is 11.3. The van der Waals surface area contributed by atoms with Gasteiger partial charge in [-0.3, -0.25) is 4.79 Å². The second kappa shape index (κ2) is 22.6. The van der Waals surface area contributed by atoms with Gasteiger partial charge in [0.15, 0.2) is 14.1 Å². The molecule has 1 aromatic rings. The SMILES string of the molecule is COC(=O)/C=C(\C)CC[C@H](OCOCC[Si](C)(C)C)[C@@H](O)C#C[C@@H](C)CCC1C[C@@H](O[Si](C)(C)C(C)(C)C)C[C@@](OC)(C2CSC(=O)N2Cc2ccc(OC)cc2)O1. The third-order valence-corrected chi connectivity index (χ3v) is 18.7. The van der Waals surface area contributed by atoms with Crippen molar-refractivity contribution in [2.75, 3.05) is 40.5 Å². The van der Waals surface area contributed by atoms with Crippen molar-refractivity contribution >= 4 is 39.4 Å². The number of hydrogen-bond donors (Lipinski definition) is 1. The first kappa shape index (κ1) is 50.2. The van der Waals surface area contributed by atoms with Crippen LogP contribution in [0.3, 0.4) is 0 Å². The van der Waals surface area contributed by atoms with E-state index in [1.165, 1.54) is 24.9 Å². The molecule has 0 radical (unpaired) electrons. The van der Waals surface area contributed by atoms with Crippen LogP contribution < -0.4 is 4.74 Å². The van der Waals surface area contributed by atoms with Crippen LogP contribution in [0.15, 0.2) is 35.9 Å². The van der Waals surface area contributed by atoms with Crippen molar-refractivity contribution in [1.82, 2.24) is 4.90 Å². The van der Waals surface area contributed by atoms with E-state index in [1.54, 1.807) is 14.2 Å². The Labute approximate surface area is 355 Å². The Kier molecular flexibility index (Phi) is 19.5. The smallest absolute Gasteiger partial charge is 0.330 e. The van der Waals surface area contributed by atoms with Gasteiger partial charge in [-0.15, -0.1) is 0 Å². The Morgan fingerprint density at radius 3 is 2.40 bits per heavy atom. The Morgan fingerprint density at radius 1 is 1.10 bits per heavy atom. The van der Waals surface area contributed by atoms with E-state index in [1.807, 2.05) is 36.1 Å². The van der Waals surface area contributed by atoms with Crippen LogP contribution in [0.5, 0.6) is 5.75 Å². The predicted molar refractivity (Wildman–Crippen MR) is 237 cm³/mol. The van der Waals surface area contributed by atoms with E-state index in [2.05, 4.69) is 72.3 Å². The molecule has 0 saturated carbocycles. The lowest BCUT2D eigenvalue weighted by Crippen LogP contribution is -2.61. The summed E-state index contributed by atoms with van der Waals surface area (Å²) in [6.45, 7) is 23.2. The molecule has 0 aromatic heterocycles. The molecule has 2 fully saturated rings. The maximum atomic E-state index is 13.4. The number of rotatable bonds is 21. The number of allylic oxidation sites excluding steroid dienone is 1. The number of carbonyl (C=O) groups is 2. The summed E-state index contributed by atoms with van der Waals surface area (Å²) in [7, 11) is 1.24. The van der Waals surface area contributed by atoms with Crippen molar-refractivity contribution in [2.45, 2.75) is 160 Å². The molecule has 1 aromatic carbocycles. The maximum Gasteiger partial charge on any atom is 0.330 e. The highest BCUT2D eigenvalue weighted by molar-refractivity contribution is 8.13. The molecule has 2 heterocycles. The zero-order chi connectivity index (χ0) is 43.3. The van der Waals surface area contributed by atoms with Gasteiger partial charge in [-0.05, 0) is 80.9 Å². The second-order valence-electron chi connectivity index (χ2n) is 18.6. The highest BCUT2D eigenvalue weighted by Gasteiger charge is 2.55. The number of esters is 1. The number of nitrogens with zero attached hydrogens (tertiary/aromatic N) is 1. The fourth-order valence-corrected chi connectivity index (χ4v) is 9.98. The molecule has 14 heteroatoms. The fraction of sp³-hybridized carbons (Fsp3) is 0.727.